The van der Waals surface area contributed by atoms with E-state index in [1.54, 1.807) is 18.0 Å². The summed E-state index contributed by atoms with van der Waals surface area (Å²) in [6.45, 7) is 0.485. The molecule has 1 fully saturated rings. The molecule has 0 saturated heterocycles. The highest BCUT2D eigenvalue weighted by Gasteiger charge is 2.49. The van der Waals surface area contributed by atoms with Gasteiger partial charge in [-0.25, -0.2) is 0 Å². The summed E-state index contributed by atoms with van der Waals surface area (Å²) in [7, 11) is 1.69. The third-order valence-electron chi connectivity index (χ3n) is 2.82. The van der Waals surface area contributed by atoms with Crippen LogP contribution in [0.4, 0.5) is 0 Å². The lowest BCUT2D eigenvalue weighted by molar-refractivity contribution is -0.141. The van der Waals surface area contributed by atoms with Crippen LogP contribution < -0.4 is 0 Å². The Morgan fingerprint density at radius 2 is 2.24 bits per heavy atom. The number of thiophene rings is 1. The number of aliphatic carboxylic acids is 1. The molecule has 6 heteroatoms. The van der Waals surface area contributed by atoms with E-state index < -0.39 is 11.9 Å². The van der Waals surface area contributed by atoms with Gasteiger partial charge in [0.2, 0.25) is 5.91 Å². The largest absolute Gasteiger partial charge is 0.481 e. The summed E-state index contributed by atoms with van der Waals surface area (Å²) in [6, 6.07) is 3.66. The van der Waals surface area contributed by atoms with E-state index in [0.717, 1.165) is 4.88 Å². The Labute approximate surface area is 108 Å². The monoisotopic (exact) mass is 273 g/mol. The molecule has 2 rings (SSSR count). The zero-order chi connectivity index (χ0) is 12.6. The van der Waals surface area contributed by atoms with Crippen LogP contribution in [-0.2, 0) is 16.1 Å². The van der Waals surface area contributed by atoms with E-state index in [0.29, 0.717) is 17.3 Å². The summed E-state index contributed by atoms with van der Waals surface area (Å²) in [5.74, 6) is -1.80. The molecule has 0 radical (unpaired) electrons. The van der Waals surface area contributed by atoms with Gasteiger partial charge >= 0.3 is 5.97 Å². The third kappa shape index (κ3) is 2.79. The first kappa shape index (κ1) is 12.4. The average molecular weight is 274 g/mol. The van der Waals surface area contributed by atoms with Crippen molar-refractivity contribution in [2.45, 2.75) is 13.0 Å². The lowest BCUT2D eigenvalue weighted by Gasteiger charge is -2.15. The van der Waals surface area contributed by atoms with Crippen LogP contribution >= 0.6 is 22.9 Å². The average Bonchev–Trinajstić information content (AvgIpc) is 2.96. The number of carboxylic acid groups (broad SMARTS) is 1. The third-order valence-corrected chi connectivity index (χ3v) is 4.04. The van der Waals surface area contributed by atoms with E-state index in [2.05, 4.69) is 0 Å². The molecule has 2 atom stereocenters. The topological polar surface area (TPSA) is 57.6 Å². The number of hydrogen-bond acceptors (Lipinski definition) is 3. The highest BCUT2D eigenvalue weighted by molar-refractivity contribution is 7.16. The summed E-state index contributed by atoms with van der Waals surface area (Å²) in [4.78, 5) is 25.1. The number of hydrogen-bond donors (Lipinski definition) is 1. The van der Waals surface area contributed by atoms with Gasteiger partial charge in [0, 0.05) is 11.9 Å². The second-order valence-electron chi connectivity index (χ2n) is 4.19. The lowest BCUT2D eigenvalue weighted by atomic mass is 10.3. The molecule has 4 nitrogen and oxygen atoms in total. The molecule has 1 aliphatic rings. The minimum atomic E-state index is -0.879. The maximum absolute atomic E-state index is 11.9. The summed E-state index contributed by atoms with van der Waals surface area (Å²) < 4.78 is 0.690. The summed E-state index contributed by atoms with van der Waals surface area (Å²) in [5, 5.41) is 8.76. The number of rotatable bonds is 4. The SMILES string of the molecule is CN(Cc1ccc(Cl)s1)C(=O)C1CC1C(=O)O. The first-order valence-corrected chi connectivity index (χ1v) is 6.40. The van der Waals surface area contributed by atoms with Crippen LogP contribution in [0.3, 0.4) is 0 Å². The minimum Gasteiger partial charge on any atom is -0.481 e. The first-order chi connectivity index (χ1) is 7.99. The van der Waals surface area contributed by atoms with E-state index in [9.17, 15) is 9.59 Å². The van der Waals surface area contributed by atoms with Crippen LogP contribution in [0.2, 0.25) is 4.34 Å². The number of carbonyl (C=O) groups is 2. The smallest absolute Gasteiger partial charge is 0.307 e. The van der Waals surface area contributed by atoms with Gasteiger partial charge in [-0.15, -0.1) is 11.3 Å². The Balaban J connectivity index is 1.91. The standard InChI is InChI=1S/C11H12ClNO3S/c1-13(5-6-2-3-9(12)17-6)10(14)7-4-8(7)11(15)16/h2-3,7-8H,4-5H2,1H3,(H,15,16). The van der Waals surface area contributed by atoms with Crippen LogP contribution in [-0.4, -0.2) is 28.9 Å². The molecule has 2 unspecified atom stereocenters. The fraction of sp³-hybridized carbons (Fsp3) is 0.455. The Kier molecular flexibility index (Phi) is 3.40. The number of nitrogens with zero attached hydrogens (tertiary/aromatic N) is 1. The molecule has 1 amide bonds. The Hall–Kier alpha value is -1.07. The van der Waals surface area contributed by atoms with Crippen molar-refractivity contribution in [3.8, 4) is 0 Å². The normalized spacial score (nSPS) is 22.2. The zero-order valence-electron chi connectivity index (χ0n) is 9.22. The van der Waals surface area contributed by atoms with Crippen LogP contribution in [0.25, 0.3) is 0 Å². The summed E-state index contributed by atoms with van der Waals surface area (Å²) >= 11 is 7.23. The number of halogens is 1. The molecular formula is C11H12ClNO3S. The van der Waals surface area contributed by atoms with Gasteiger partial charge in [0.15, 0.2) is 0 Å². The van der Waals surface area contributed by atoms with Gasteiger partial charge in [0.05, 0.1) is 22.7 Å². The molecule has 92 valence electrons. The molecule has 1 heterocycles. The molecule has 17 heavy (non-hydrogen) atoms. The fourth-order valence-electron chi connectivity index (χ4n) is 1.77. The Morgan fingerprint density at radius 3 is 2.71 bits per heavy atom. The second kappa shape index (κ2) is 4.66. The molecule has 1 aromatic rings. The number of carboxylic acids is 1. The summed E-state index contributed by atoms with van der Waals surface area (Å²) in [5.41, 5.74) is 0. The zero-order valence-corrected chi connectivity index (χ0v) is 10.8. The summed E-state index contributed by atoms with van der Waals surface area (Å²) in [6.07, 6.45) is 0.462. The van der Waals surface area contributed by atoms with E-state index in [1.807, 2.05) is 6.07 Å². The molecule has 0 bridgehead atoms. The van der Waals surface area contributed by atoms with Gasteiger partial charge in [0.1, 0.15) is 0 Å². The minimum absolute atomic E-state index is 0.0954. The predicted molar refractivity (Wildman–Crippen MR) is 65.0 cm³/mol. The maximum Gasteiger partial charge on any atom is 0.307 e. The van der Waals surface area contributed by atoms with Gasteiger partial charge < -0.3 is 10.0 Å². The van der Waals surface area contributed by atoms with Crippen molar-refractivity contribution in [1.82, 2.24) is 4.90 Å². The maximum atomic E-state index is 11.9. The van der Waals surface area contributed by atoms with Crippen molar-refractivity contribution in [3.63, 3.8) is 0 Å². The van der Waals surface area contributed by atoms with Gasteiger partial charge in [-0.2, -0.15) is 0 Å². The van der Waals surface area contributed by atoms with E-state index in [-0.39, 0.29) is 11.8 Å². The fourth-order valence-corrected chi connectivity index (χ4v) is 2.91. The van der Waals surface area contributed by atoms with Crippen LogP contribution in [0, 0.1) is 11.8 Å². The van der Waals surface area contributed by atoms with E-state index >= 15 is 0 Å². The van der Waals surface area contributed by atoms with Crippen LogP contribution in [0.15, 0.2) is 12.1 Å². The van der Waals surface area contributed by atoms with Gasteiger partial charge in [-0.1, -0.05) is 11.6 Å². The number of carbonyl (C=O) groups excluding carboxylic acids is 1. The first-order valence-electron chi connectivity index (χ1n) is 5.21. The molecule has 1 aliphatic carbocycles. The van der Waals surface area contributed by atoms with Crippen molar-refractivity contribution in [3.05, 3.63) is 21.3 Å². The Morgan fingerprint density at radius 1 is 1.53 bits per heavy atom. The molecule has 0 aliphatic heterocycles. The van der Waals surface area contributed by atoms with Crippen molar-refractivity contribution < 1.29 is 14.7 Å². The predicted octanol–water partition coefficient (Wildman–Crippen LogP) is 2.08. The van der Waals surface area contributed by atoms with Crippen LogP contribution in [0.1, 0.15) is 11.3 Å². The molecule has 1 N–H and O–H groups in total. The second-order valence-corrected chi connectivity index (χ2v) is 5.99. The van der Waals surface area contributed by atoms with Crippen molar-refractivity contribution in [2.24, 2.45) is 11.8 Å². The van der Waals surface area contributed by atoms with Crippen molar-refractivity contribution in [1.29, 1.82) is 0 Å². The van der Waals surface area contributed by atoms with Gasteiger partial charge in [-0.3, -0.25) is 9.59 Å². The lowest BCUT2D eigenvalue weighted by Crippen LogP contribution is -2.28. The molecule has 0 spiro atoms. The molecular weight excluding hydrogens is 262 g/mol. The molecule has 0 aromatic carbocycles. The number of amides is 1. The highest BCUT2D eigenvalue weighted by atomic mass is 35.5. The van der Waals surface area contributed by atoms with Gasteiger partial charge in [-0.05, 0) is 18.6 Å². The van der Waals surface area contributed by atoms with Crippen molar-refractivity contribution >= 4 is 34.8 Å². The van der Waals surface area contributed by atoms with E-state index in [1.165, 1.54) is 11.3 Å². The van der Waals surface area contributed by atoms with Gasteiger partial charge in [0.25, 0.3) is 0 Å². The van der Waals surface area contributed by atoms with Crippen molar-refractivity contribution in [2.75, 3.05) is 7.05 Å². The quantitative estimate of drug-likeness (QED) is 0.914. The molecule has 1 aromatic heterocycles. The van der Waals surface area contributed by atoms with E-state index in [4.69, 9.17) is 16.7 Å². The highest BCUT2D eigenvalue weighted by Crippen LogP contribution is 2.40. The molecule has 1 saturated carbocycles. The Bertz CT molecular complexity index is 459. The van der Waals surface area contributed by atoms with Crippen LogP contribution in [0.5, 0.6) is 0 Å².